The fourth-order valence-corrected chi connectivity index (χ4v) is 1.92. The summed E-state index contributed by atoms with van der Waals surface area (Å²) in [6, 6.07) is 4.66. The SMILES string of the molecule is CN(C)C(=O)Cn1cc(C=O)c(=O)n(-c2ccc(F)cc2)c1=O. The maximum Gasteiger partial charge on any atom is 0.336 e. The van der Waals surface area contributed by atoms with Crippen LogP contribution < -0.4 is 11.2 Å². The molecular formula is C15H14FN3O4. The zero-order valence-corrected chi connectivity index (χ0v) is 12.5. The first-order chi connectivity index (χ1) is 10.8. The number of hydrogen-bond donors (Lipinski definition) is 0. The van der Waals surface area contributed by atoms with E-state index in [1.807, 2.05) is 0 Å². The van der Waals surface area contributed by atoms with E-state index >= 15 is 0 Å². The smallest absolute Gasteiger partial charge is 0.336 e. The van der Waals surface area contributed by atoms with Crippen molar-refractivity contribution in [3.63, 3.8) is 0 Å². The Balaban J connectivity index is 2.68. The zero-order chi connectivity index (χ0) is 17.1. The maximum atomic E-state index is 13.0. The van der Waals surface area contributed by atoms with Crippen molar-refractivity contribution in [1.29, 1.82) is 0 Å². The number of hydrogen-bond acceptors (Lipinski definition) is 4. The second kappa shape index (κ2) is 6.39. The number of likely N-dealkylation sites (N-methyl/N-ethyl adjacent to an activating group) is 1. The molecule has 0 spiro atoms. The summed E-state index contributed by atoms with van der Waals surface area (Å²) in [5, 5.41) is 0. The van der Waals surface area contributed by atoms with Crippen molar-refractivity contribution in [3.8, 4) is 5.69 Å². The molecule has 120 valence electrons. The summed E-state index contributed by atoms with van der Waals surface area (Å²) in [7, 11) is 3.04. The number of carbonyl (C=O) groups is 2. The Hall–Kier alpha value is -3.03. The van der Waals surface area contributed by atoms with Gasteiger partial charge in [0.05, 0.1) is 11.3 Å². The Morgan fingerprint density at radius 2 is 1.83 bits per heavy atom. The van der Waals surface area contributed by atoms with E-state index in [2.05, 4.69) is 0 Å². The second-order valence-electron chi connectivity index (χ2n) is 5.02. The van der Waals surface area contributed by atoms with Gasteiger partial charge in [-0.15, -0.1) is 0 Å². The fraction of sp³-hybridized carbons (Fsp3) is 0.200. The molecule has 2 rings (SSSR count). The Morgan fingerprint density at radius 1 is 1.22 bits per heavy atom. The first kappa shape index (κ1) is 16.3. The first-order valence-electron chi connectivity index (χ1n) is 6.63. The summed E-state index contributed by atoms with van der Waals surface area (Å²) in [5.74, 6) is -0.912. The van der Waals surface area contributed by atoms with Gasteiger partial charge in [0, 0.05) is 20.3 Å². The molecule has 8 heteroatoms. The summed E-state index contributed by atoms with van der Waals surface area (Å²) < 4.78 is 14.7. The molecule has 0 aliphatic carbocycles. The van der Waals surface area contributed by atoms with Crippen LogP contribution in [0.1, 0.15) is 10.4 Å². The van der Waals surface area contributed by atoms with Crippen LogP contribution in [0.15, 0.2) is 40.1 Å². The van der Waals surface area contributed by atoms with Crippen LogP contribution in [0, 0.1) is 5.82 Å². The standard InChI is InChI=1S/C15H14FN3O4/c1-17(2)13(21)8-18-7-10(9-20)14(22)19(15(18)23)12-5-3-11(16)4-6-12/h3-7,9H,8H2,1-2H3. The number of benzene rings is 1. The van der Waals surface area contributed by atoms with Crippen molar-refractivity contribution < 1.29 is 14.0 Å². The number of nitrogens with zero attached hydrogens (tertiary/aromatic N) is 3. The molecule has 0 atom stereocenters. The topological polar surface area (TPSA) is 81.4 Å². The van der Waals surface area contributed by atoms with Crippen LogP contribution in [0.5, 0.6) is 0 Å². The molecule has 7 nitrogen and oxygen atoms in total. The van der Waals surface area contributed by atoms with Crippen molar-refractivity contribution in [3.05, 3.63) is 62.7 Å². The normalized spacial score (nSPS) is 10.4. The molecule has 2 aromatic rings. The number of halogens is 1. The van der Waals surface area contributed by atoms with E-state index in [-0.39, 0.29) is 23.7 Å². The van der Waals surface area contributed by atoms with Crippen LogP contribution in [0.2, 0.25) is 0 Å². The highest BCUT2D eigenvalue weighted by Gasteiger charge is 2.15. The Kier molecular flexibility index (Phi) is 4.54. The molecular weight excluding hydrogens is 305 g/mol. The van der Waals surface area contributed by atoms with Gasteiger partial charge in [0.2, 0.25) is 5.91 Å². The van der Waals surface area contributed by atoms with E-state index in [1.165, 1.54) is 31.1 Å². The lowest BCUT2D eigenvalue weighted by Gasteiger charge is -2.14. The van der Waals surface area contributed by atoms with Gasteiger partial charge in [0.15, 0.2) is 6.29 Å². The predicted octanol–water partition coefficient (Wildman–Crippen LogP) is 0.0390. The quantitative estimate of drug-likeness (QED) is 0.745. The monoisotopic (exact) mass is 319 g/mol. The minimum atomic E-state index is -0.829. The van der Waals surface area contributed by atoms with Gasteiger partial charge in [-0.2, -0.15) is 0 Å². The highest BCUT2D eigenvalue weighted by atomic mass is 19.1. The lowest BCUT2D eigenvalue weighted by molar-refractivity contribution is -0.129. The fourth-order valence-electron chi connectivity index (χ4n) is 1.92. The molecule has 0 aliphatic heterocycles. The molecule has 23 heavy (non-hydrogen) atoms. The Bertz CT molecular complexity index is 866. The van der Waals surface area contributed by atoms with E-state index in [9.17, 15) is 23.6 Å². The highest BCUT2D eigenvalue weighted by Crippen LogP contribution is 2.05. The van der Waals surface area contributed by atoms with Gasteiger partial charge in [-0.1, -0.05) is 0 Å². The number of aldehydes is 1. The average molecular weight is 319 g/mol. The molecule has 0 N–H and O–H groups in total. The minimum absolute atomic E-state index is 0.108. The zero-order valence-electron chi connectivity index (χ0n) is 12.5. The highest BCUT2D eigenvalue weighted by molar-refractivity contribution is 5.76. The van der Waals surface area contributed by atoms with Crippen LogP contribution in [0.4, 0.5) is 4.39 Å². The lowest BCUT2D eigenvalue weighted by atomic mass is 10.3. The third-order valence-corrected chi connectivity index (χ3v) is 3.20. The van der Waals surface area contributed by atoms with E-state index in [0.29, 0.717) is 6.29 Å². The van der Waals surface area contributed by atoms with Crippen LogP contribution in [0.3, 0.4) is 0 Å². The third kappa shape index (κ3) is 3.25. The minimum Gasteiger partial charge on any atom is -0.347 e. The van der Waals surface area contributed by atoms with E-state index in [1.54, 1.807) is 0 Å². The summed E-state index contributed by atoms with van der Waals surface area (Å²) >= 11 is 0. The molecule has 0 aliphatic rings. The molecule has 1 heterocycles. The summed E-state index contributed by atoms with van der Waals surface area (Å²) in [5.41, 5.74) is -1.79. The summed E-state index contributed by atoms with van der Waals surface area (Å²) in [4.78, 5) is 48.8. The molecule has 1 amide bonds. The van der Waals surface area contributed by atoms with Crippen molar-refractivity contribution in [2.75, 3.05) is 14.1 Å². The largest absolute Gasteiger partial charge is 0.347 e. The second-order valence-corrected chi connectivity index (χ2v) is 5.02. The van der Waals surface area contributed by atoms with Crippen molar-refractivity contribution in [2.24, 2.45) is 0 Å². The molecule has 0 saturated heterocycles. The molecule has 0 unspecified atom stereocenters. The number of carbonyl (C=O) groups excluding carboxylic acids is 2. The Labute approximate surface area is 130 Å². The molecule has 1 aromatic heterocycles. The van der Waals surface area contributed by atoms with Gasteiger partial charge >= 0.3 is 5.69 Å². The van der Waals surface area contributed by atoms with Crippen LogP contribution >= 0.6 is 0 Å². The molecule has 1 aromatic carbocycles. The lowest BCUT2D eigenvalue weighted by Crippen LogP contribution is -2.42. The van der Waals surface area contributed by atoms with E-state index < -0.39 is 17.1 Å². The van der Waals surface area contributed by atoms with Crippen molar-refractivity contribution in [2.45, 2.75) is 6.54 Å². The van der Waals surface area contributed by atoms with Crippen LogP contribution in [-0.2, 0) is 11.3 Å². The molecule has 0 bridgehead atoms. The number of aromatic nitrogens is 2. The predicted molar refractivity (Wildman–Crippen MR) is 80.3 cm³/mol. The van der Waals surface area contributed by atoms with Gasteiger partial charge in [-0.05, 0) is 24.3 Å². The summed E-state index contributed by atoms with van der Waals surface area (Å²) in [6.07, 6.45) is 1.34. The third-order valence-electron chi connectivity index (χ3n) is 3.20. The average Bonchev–Trinajstić information content (AvgIpc) is 2.51. The van der Waals surface area contributed by atoms with E-state index in [4.69, 9.17) is 0 Å². The van der Waals surface area contributed by atoms with Gasteiger partial charge in [0.1, 0.15) is 12.4 Å². The van der Waals surface area contributed by atoms with Crippen LogP contribution in [-0.4, -0.2) is 40.3 Å². The van der Waals surface area contributed by atoms with Crippen molar-refractivity contribution in [1.82, 2.24) is 14.0 Å². The molecule has 0 fully saturated rings. The van der Waals surface area contributed by atoms with Crippen LogP contribution in [0.25, 0.3) is 5.69 Å². The molecule has 0 radical (unpaired) electrons. The molecule has 0 saturated carbocycles. The van der Waals surface area contributed by atoms with Gasteiger partial charge in [-0.3, -0.25) is 19.0 Å². The van der Waals surface area contributed by atoms with Gasteiger partial charge in [0.25, 0.3) is 5.56 Å². The number of amides is 1. The Morgan fingerprint density at radius 3 is 2.35 bits per heavy atom. The van der Waals surface area contributed by atoms with Gasteiger partial charge in [-0.25, -0.2) is 13.8 Å². The first-order valence-corrected chi connectivity index (χ1v) is 6.63. The maximum absolute atomic E-state index is 13.0. The summed E-state index contributed by atoms with van der Waals surface area (Å²) in [6.45, 7) is -0.325. The van der Waals surface area contributed by atoms with Crippen molar-refractivity contribution >= 4 is 12.2 Å². The van der Waals surface area contributed by atoms with Gasteiger partial charge < -0.3 is 4.90 Å². The van der Waals surface area contributed by atoms with E-state index in [0.717, 1.165) is 27.5 Å². The number of rotatable bonds is 4.